The lowest BCUT2D eigenvalue weighted by Crippen LogP contribution is -2.24. The average Bonchev–Trinajstić information content (AvgIpc) is 2.71. The minimum atomic E-state index is -0.214. The Morgan fingerprint density at radius 2 is 1.90 bits per heavy atom. The summed E-state index contributed by atoms with van der Waals surface area (Å²) < 4.78 is 13.6. The third kappa shape index (κ3) is 4.69. The van der Waals surface area contributed by atoms with Crippen molar-refractivity contribution in [3.05, 3.63) is 34.1 Å². The van der Waals surface area contributed by atoms with Crippen molar-refractivity contribution in [3.8, 4) is 0 Å². The van der Waals surface area contributed by atoms with Gasteiger partial charge in [0, 0.05) is 11.1 Å². The largest absolute Gasteiger partial charge is 0.310 e. The highest BCUT2D eigenvalue weighted by molar-refractivity contribution is 6.31. The summed E-state index contributed by atoms with van der Waals surface area (Å²) in [5, 5.41) is 4.10. The lowest BCUT2D eigenvalue weighted by molar-refractivity contribution is 0.359. The molecule has 1 N–H and O–H groups in total. The van der Waals surface area contributed by atoms with Crippen LogP contribution in [0.3, 0.4) is 0 Å². The van der Waals surface area contributed by atoms with Gasteiger partial charge < -0.3 is 5.32 Å². The smallest absolute Gasteiger partial charge is 0.127 e. The number of hydrogen-bond acceptors (Lipinski definition) is 1. The molecule has 0 spiro atoms. The van der Waals surface area contributed by atoms with E-state index in [1.165, 1.54) is 44.6 Å². The van der Waals surface area contributed by atoms with Crippen molar-refractivity contribution >= 4 is 11.6 Å². The molecule has 0 aliphatic heterocycles. The Balaban J connectivity index is 2.15. The maximum Gasteiger partial charge on any atom is 0.127 e. The predicted octanol–water partition coefficient (Wildman–Crippen LogP) is 5.80. The standard InChI is InChI=1S/C18H27ClFN/c1-3-21-18(11-14-8-6-4-5-7-9-14)15-10-13(2)17(20)12-16(15)19/h10,12,14,18,21H,3-9,11H2,1-2H3. The summed E-state index contributed by atoms with van der Waals surface area (Å²) in [7, 11) is 0. The lowest BCUT2D eigenvalue weighted by Gasteiger charge is -2.25. The number of rotatable bonds is 5. The fourth-order valence-corrected chi connectivity index (χ4v) is 3.73. The van der Waals surface area contributed by atoms with Crippen molar-refractivity contribution in [2.75, 3.05) is 6.54 Å². The molecular weight excluding hydrogens is 285 g/mol. The highest BCUT2D eigenvalue weighted by atomic mass is 35.5. The first-order valence-electron chi connectivity index (χ1n) is 8.30. The second kappa shape index (κ2) is 8.14. The SMILES string of the molecule is CCNC(CC1CCCCCC1)c1cc(C)c(F)cc1Cl. The number of aryl methyl sites for hydroxylation is 1. The van der Waals surface area contributed by atoms with Gasteiger partial charge in [-0.25, -0.2) is 4.39 Å². The van der Waals surface area contributed by atoms with Gasteiger partial charge in [-0.3, -0.25) is 0 Å². The summed E-state index contributed by atoms with van der Waals surface area (Å²) in [5.74, 6) is 0.548. The first kappa shape index (κ1) is 16.8. The maximum absolute atomic E-state index is 13.6. The van der Waals surface area contributed by atoms with Gasteiger partial charge in [-0.15, -0.1) is 0 Å². The van der Waals surface area contributed by atoms with E-state index in [1.54, 1.807) is 0 Å². The van der Waals surface area contributed by atoms with Gasteiger partial charge in [0.25, 0.3) is 0 Å². The van der Waals surface area contributed by atoms with Crippen molar-refractivity contribution in [2.24, 2.45) is 5.92 Å². The van der Waals surface area contributed by atoms with E-state index < -0.39 is 0 Å². The van der Waals surface area contributed by atoms with E-state index in [1.807, 2.05) is 13.0 Å². The van der Waals surface area contributed by atoms with E-state index in [0.29, 0.717) is 10.6 Å². The molecule has 0 heterocycles. The highest BCUT2D eigenvalue weighted by Gasteiger charge is 2.21. The van der Waals surface area contributed by atoms with Gasteiger partial charge in [-0.05, 0) is 43.0 Å². The zero-order chi connectivity index (χ0) is 15.2. The molecule has 2 rings (SSSR count). The quantitative estimate of drug-likeness (QED) is 0.678. The summed E-state index contributed by atoms with van der Waals surface area (Å²) in [4.78, 5) is 0. The maximum atomic E-state index is 13.6. The molecule has 3 heteroatoms. The van der Waals surface area contributed by atoms with Crippen molar-refractivity contribution in [2.45, 2.75) is 64.8 Å². The molecule has 118 valence electrons. The third-order valence-corrected chi connectivity index (χ3v) is 4.97. The van der Waals surface area contributed by atoms with Gasteiger partial charge in [-0.2, -0.15) is 0 Å². The van der Waals surface area contributed by atoms with Crippen LogP contribution < -0.4 is 5.32 Å². The topological polar surface area (TPSA) is 12.0 Å². The average molecular weight is 312 g/mol. The normalized spacial score (nSPS) is 18.5. The van der Waals surface area contributed by atoms with Crippen molar-refractivity contribution in [1.82, 2.24) is 5.32 Å². The highest BCUT2D eigenvalue weighted by Crippen LogP contribution is 2.34. The van der Waals surface area contributed by atoms with Gasteiger partial charge in [0.1, 0.15) is 5.82 Å². The minimum absolute atomic E-state index is 0.214. The van der Waals surface area contributed by atoms with Crippen LogP contribution in [0.1, 0.15) is 69.0 Å². The second-order valence-electron chi connectivity index (χ2n) is 6.33. The molecule has 1 atom stereocenters. The summed E-state index contributed by atoms with van der Waals surface area (Å²) in [6.45, 7) is 4.83. The van der Waals surface area contributed by atoms with Gasteiger partial charge >= 0.3 is 0 Å². The van der Waals surface area contributed by atoms with Crippen LogP contribution in [0.4, 0.5) is 4.39 Å². The lowest BCUT2D eigenvalue weighted by atomic mass is 9.89. The molecule has 1 aliphatic rings. The Bertz CT molecular complexity index is 453. The molecule has 0 saturated heterocycles. The fraction of sp³-hybridized carbons (Fsp3) is 0.667. The van der Waals surface area contributed by atoms with Gasteiger partial charge in [0.2, 0.25) is 0 Å². The Hall–Kier alpha value is -0.600. The molecule has 0 amide bonds. The van der Waals surface area contributed by atoms with Crippen LogP contribution in [-0.2, 0) is 0 Å². The number of hydrogen-bond donors (Lipinski definition) is 1. The Morgan fingerprint density at radius 1 is 1.24 bits per heavy atom. The van der Waals surface area contributed by atoms with Gasteiger partial charge in [0.05, 0.1) is 0 Å². The van der Waals surface area contributed by atoms with E-state index in [9.17, 15) is 4.39 Å². The molecule has 0 aromatic heterocycles. The molecule has 1 unspecified atom stereocenters. The molecule has 1 aromatic carbocycles. The van der Waals surface area contributed by atoms with Crippen molar-refractivity contribution in [1.29, 1.82) is 0 Å². The van der Waals surface area contributed by atoms with Crippen molar-refractivity contribution in [3.63, 3.8) is 0 Å². The first-order chi connectivity index (χ1) is 10.1. The molecule has 1 saturated carbocycles. The summed E-state index contributed by atoms with van der Waals surface area (Å²) in [5.41, 5.74) is 1.74. The van der Waals surface area contributed by atoms with Crippen LogP contribution in [0, 0.1) is 18.7 Å². The third-order valence-electron chi connectivity index (χ3n) is 4.65. The zero-order valence-corrected chi connectivity index (χ0v) is 14.0. The molecule has 21 heavy (non-hydrogen) atoms. The van der Waals surface area contributed by atoms with Crippen LogP contribution in [0.25, 0.3) is 0 Å². The summed E-state index contributed by atoms with van der Waals surface area (Å²) in [6, 6.07) is 3.62. The molecule has 1 fully saturated rings. The van der Waals surface area contributed by atoms with Crippen LogP contribution in [0.5, 0.6) is 0 Å². The second-order valence-corrected chi connectivity index (χ2v) is 6.73. The molecule has 1 nitrogen and oxygen atoms in total. The Morgan fingerprint density at radius 3 is 2.52 bits per heavy atom. The zero-order valence-electron chi connectivity index (χ0n) is 13.2. The number of benzene rings is 1. The first-order valence-corrected chi connectivity index (χ1v) is 8.68. The Labute approximate surface area is 133 Å². The van der Waals surface area contributed by atoms with E-state index in [4.69, 9.17) is 11.6 Å². The molecule has 0 bridgehead atoms. The Kier molecular flexibility index (Phi) is 6.50. The minimum Gasteiger partial charge on any atom is -0.310 e. The van der Waals surface area contributed by atoms with Crippen LogP contribution in [-0.4, -0.2) is 6.54 Å². The van der Waals surface area contributed by atoms with E-state index >= 15 is 0 Å². The monoisotopic (exact) mass is 311 g/mol. The van der Waals surface area contributed by atoms with Gasteiger partial charge in [-0.1, -0.05) is 63.1 Å². The van der Waals surface area contributed by atoms with E-state index in [0.717, 1.165) is 24.4 Å². The molecule has 1 aromatic rings. The van der Waals surface area contributed by atoms with Crippen LogP contribution in [0.2, 0.25) is 5.02 Å². The molecular formula is C18H27ClFN. The predicted molar refractivity (Wildman–Crippen MR) is 88.4 cm³/mol. The fourth-order valence-electron chi connectivity index (χ4n) is 3.45. The molecule has 0 radical (unpaired) electrons. The number of halogens is 2. The van der Waals surface area contributed by atoms with Gasteiger partial charge in [0.15, 0.2) is 0 Å². The summed E-state index contributed by atoms with van der Waals surface area (Å²) >= 11 is 6.30. The van der Waals surface area contributed by atoms with E-state index in [-0.39, 0.29) is 11.9 Å². The summed E-state index contributed by atoms with van der Waals surface area (Å²) in [6.07, 6.45) is 9.19. The number of nitrogens with one attached hydrogen (secondary N) is 1. The van der Waals surface area contributed by atoms with Crippen LogP contribution in [0.15, 0.2) is 12.1 Å². The van der Waals surface area contributed by atoms with Crippen molar-refractivity contribution < 1.29 is 4.39 Å². The van der Waals surface area contributed by atoms with Crippen LogP contribution >= 0.6 is 11.6 Å². The van der Waals surface area contributed by atoms with E-state index in [2.05, 4.69) is 12.2 Å². The molecule has 1 aliphatic carbocycles.